The standard InChI is InChI=1S/C12H20N4O2S/c1-16(2)6-4-5-13-12(18)9-7-11(17)15-10(14-9)8-19-3/h7H,4-6,8H2,1-3H3,(H,13,18)(H,14,15,17). The van der Waals surface area contributed by atoms with Gasteiger partial charge in [-0.15, -0.1) is 0 Å². The second-order valence-electron chi connectivity index (χ2n) is 4.42. The summed E-state index contributed by atoms with van der Waals surface area (Å²) in [7, 11) is 3.96. The topological polar surface area (TPSA) is 78.1 Å². The number of aromatic amines is 1. The molecule has 6 nitrogen and oxygen atoms in total. The molecule has 0 aromatic carbocycles. The molecule has 106 valence electrons. The van der Waals surface area contributed by atoms with Crippen molar-refractivity contribution in [3.05, 3.63) is 27.9 Å². The van der Waals surface area contributed by atoms with Gasteiger partial charge in [0.1, 0.15) is 11.5 Å². The Labute approximate surface area is 117 Å². The molecule has 0 aliphatic carbocycles. The number of rotatable bonds is 7. The lowest BCUT2D eigenvalue weighted by molar-refractivity contribution is 0.0946. The maximum absolute atomic E-state index is 11.9. The van der Waals surface area contributed by atoms with Crippen molar-refractivity contribution >= 4 is 17.7 Å². The quantitative estimate of drug-likeness (QED) is 0.705. The maximum Gasteiger partial charge on any atom is 0.270 e. The van der Waals surface area contributed by atoms with Crippen LogP contribution in [-0.2, 0) is 5.75 Å². The Morgan fingerprint density at radius 3 is 2.89 bits per heavy atom. The van der Waals surface area contributed by atoms with E-state index in [1.165, 1.54) is 17.8 Å². The highest BCUT2D eigenvalue weighted by Crippen LogP contribution is 2.02. The fourth-order valence-electron chi connectivity index (χ4n) is 1.52. The van der Waals surface area contributed by atoms with Crippen LogP contribution in [0.2, 0.25) is 0 Å². The van der Waals surface area contributed by atoms with Gasteiger partial charge in [-0.3, -0.25) is 9.59 Å². The Hall–Kier alpha value is -1.34. The van der Waals surface area contributed by atoms with Gasteiger partial charge in [-0.1, -0.05) is 0 Å². The molecule has 0 aliphatic rings. The molecule has 1 amide bonds. The number of hydrogen-bond acceptors (Lipinski definition) is 5. The summed E-state index contributed by atoms with van der Waals surface area (Å²) in [5.74, 6) is 0.808. The third-order valence-corrected chi connectivity index (χ3v) is 2.93. The Morgan fingerprint density at radius 1 is 1.53 bits per heavy atom. The molecule has 0 unspecified atom stereocenters. The first-order chi connectivity index (χ1) is 9.02. The first-order valence-electron chi connectivity index (χ1n) is 6.05. The second kappa shape index (κ2) is 7.96. The largest absolute Gasteiger partial charge is 0.351 e. The molecule has 2 N–H and O–H groups in total. The zero-order chi connectivity index (χ0) is 14.3. The summed E-state index contributed by atoms with van der Waals surface area (Å²) < 4.78 is 0. The van der Waals surface area contributed by atoms with E-state index < -0.39 is 0 Å². The van der Waals surface area contributed by atoms with E-state index in [0.29, 0.717) is 18.1 Å². The van der Waals surface area contributed by atoms with Crippen molar-refractivity contribution < 1.29 is 4.79 Å². The van der Waals surface area contributed by atoms with Gasteiger partial charge >= 0.3 is 0 Å². The Bertz CT molecular complexity index is 473. The Kier molecular flexibility index (Phi) is 6.58. The van der Waals surface area contributed by atoms with Crippen LogP contribution in [0.1, 0.15) is 22.7 Å². The molecule has 7 heteroatoms. The molecule has 1 heterocycles. The van der Waals surface area contributed by atoms with E-state index in [9.17, 15) is 9.59 Å². The van der Waals surface area contributed by atoms with Crippen LogP contribution in [0.25, 0.3) is 0 Å². The normalized spacial score (nSPS) is 10.7. The lowest BCUT2D eigenvalue weighted by Gasteiger charge is -2.09. The fraction of sp³-hybridized carbons (Fsp3) is 0.583. The first kappa shape index (κ1) is 15.7. The molecule has 1 rings (SSSR count). The molecule has 1 aromatic heterocycles. The fourth-order valence-corrected chi connectivity index (χ4v) is 1.93. The average molecular weight is 284 g/mol. The van der Waals surface area contributed by atoms with E-state index in [4.69, 9.17) is 0 Å². The zero-order valence-corrected chi connectivity index (χ0v) is 12.3. The van der Waals surface area contributed by atoms with Crippen LogP contribution in [0.3, 0.4) is 0 Å². The van der Waals surface area contributed by atoms with Crippen LogP contribution in [0.4, 0.5) is 0 Å². The van der Waals surface area contributed by atoms with Crippen LogP contribution in [-0.4, -0.2) is 54.2 Å². The number of H-pyrrole nitrogens is 1. The van der Waals surface area contributed by atoms with Crippen LogP contribution in [0.15, 0.2) is 10.9 Å². The molecule has 0 atom stereocenters. The van der Waals surface area contributed by atoms with Crippen LogP contribution < -0.4 is 10.9 Å². The third kappa shape index (κ3) is 5.89. The lowest BCUT2D eigenvalue weighted by atomic mass is 10.3. The third-order valence-electron chi connectivity index (χ3n) is 2.37. The number of nitrogens with one attached hydrogen (secondary N) is 2. The predicted octanol–water partition coefficient (Wildman–Crippen LogP) is 0.314. The molecule has 0 aliphatic heterocycles. The predicted molar refractivity (Wildman–Crippen MR) is 77.6 cm³/mol. The van der Waals surface area contributed by atoms with Gasteiger partial charge in [0.15, 0.2) is 0 Å². The Morgan fingerprint density at radius 2 is 2.26 bits per heavy atom. The van der Waals surface area contributed by atoms with E-state index in [1.807, 2.05) is 25.3 Å². The second-order valence-corrected chi connectivity index (χ2v) is 5.29. The minimum Gasteiger partial charge on any atom is -0.351 e. The van der Waals surface area contributed by atoms with Crippen molar-refractivity contribution in [2.75, 3.05) is 33.4 Å². The maximum atomic E-state index is 11.9. The van der Waals surface area contributed by atoms with E-state index in [2.05, 4.69) is 15.3 Å². The molecule has 0 saturated heterocycles. The van der Waals surface area contributed by atoms with Gasteiger partial charge in [0.2, 0.25) is 0 Å². The van der Waals surface area contributed by atoms with Crippen LogP contribution in [0.5, 0.6) is 0 Å². The number of carbonyl (C=O) groups excluding carboxylic acids is 1. The van der Waals surface area contributed by atoms with Gasteiger partial charge in [0.25, 0.3) is 11.5 Å². The summed E-state index contributed by atoms with van der Waals surface area (Å²) in [5.41, 5.74) is -0.116. The molecular formula is C12H20N4O2S. The van der Waals surface area contributed by atoms with E-state index in [0.717, 1.165) is 13.0 Å². The number of thioether (sulfide) groups is 1. The van der Waals surface area contributed by atoms with Gasteiger partial charge in [-0.2, -0.15) is 11.8 Å². The van der Waals surface area contributed by atoms with Gasteiger partial charge in [0, 0.05) is 12.6 Å². The summed E-state index contributed by atoms with van der Waals surface area (Å²) in [6, 6.07) is 1.23. The summed E-state index contributed by atoms with van der Waals surface area (Å²) in [5, 5.41) is 2.76. The summed E-state index contributed by atoms with van der Waals surface area (Å²) >= 11 is 1.54. The Balaban J connectivity index is 2.58. The smallest absolute Gasteiger partial charge is 0.270 e. The minimum atomic E-state index is -0.299. The molecule has 0 bridgehead atoms. The van der Waals surface area contributed by atoms with E-state index >= 15 is 0 Å². The van der Waals surface area contributed by atoms with Gasteiger partial charge in [-0.25, -0.2) is 4.98 Å². The van der Waals surface area contributed by atoms with Crippen LogP contribution >= 0.6 is 11.8 Å². The van der Waals surface area contributed by atoms with Crippen molar-refractivity contribution in [2.45, 2.75) is 12.2 Å². The number of carbonyl (C=O) groups is 1. The monoisotopic (exact) mass is 284 g/mol. The molecule has 19 heavy (non-hydrogen) atoms. The minimum absolute atomic E-state index is 0.178. The number of aromatic nitrogens is 2. The highest BCUT2D eigenvalue weighted by molar-refractivity contribution is 7.97. The number of hydrogen-bond donors (Lipinski definition) is 2. The molecule has 0 saturated carbocycles. The van der Waals surface area contributed by atoms with E-state index in [1.54, 1.807) is 0 Å². The number of nitrogens with zero attached hydrogens (tertiary/aromatic N) is 2. The van der Waals surface area contributed by atoms with Gasteiger partial charge in [-0.05, 0) is 33.3 Å². The molecule has 0 fully saturated rings. The zero-order valence-electron chi connectivity index (χ0n) is 11.5. The molecular weight excluding hydrogens is 264 g/mol. The highest BCUT2D eigenvalue weighted by Gasteiger charge is 2.09. The molecule has 0 radical (unpaired) electrons. The average Bonchev–Trinajstić information content (AvgIpc) is 2.34. The van der Waals surface area contributed by atoms with Crippen molar-refractivity contribution in [2.24, 2.45) is 0 Å². The van der Waals surface area contributed by atoms with E-state index in [-0.39, 0.29) is 17.2 Å². The highest BCUT2D eigenvalue weighted by atomic mass is 32.2. The molecule has 1 aromatic rings. The van der Waals surface area contributed by atoms with Gasteiger partial charge < -0.3 is 15.2 Å². The first-order valence-corrected chi connectivity index (χ1v) is 7.44. The van der Waals surface area contributed by atoms with Gasteiger partial charge in [0.05, 0.1) is 5.75 Å². The number of amides is 1. The van der Waals surface area contributed by atoms with Crippen molar-refractivity contribution in [1.29, 1.82) is 0 Å². The summed E-state index contributed by atoms with van der Waals surface area (Å²) in [6.45, 7) is 1.48. The molecule has 0 spiro atoms. The van der Waals surface area contributed by atoms with Crippen molar-refractivity contribution in [3.63, 3.8) is 0 Å². The van der Waals surface area contributed by atoms with Crippen LogP contribution in [0, 0.1) is 0 Å². The summed E-state index contributed by atoms with van der Waals surface area (Å²) in [6.07, 6.45) is 2.77. The van der Waals surface area contributed by atoms with Crippen molar-refractivity contribution in [3.8, 4) is 0 Å². The summed E-state index contributed by atoms with van der Waals surface area (Å²) in [4.78, 5) is 32.1. The van der Waals surface area contributed by atoms with Crippen molar-refractivity contribution in [1.82, 2.24) is 20.2 Å². The SMILES string of the molecule is CSCc1nc(C(=O)NCCCN(C)C)cc(=O)[nH]1. The lowest BCUT2D eigenvalue weighted by Crippen LogP contribution is -2.29.